The molecular weight excluding hydrogens is 481 g/mol. The minimum absolute atomic E-state index is 0.601. The minimum atomic E-state index is 0.601. The van der Waals surface area contributed by atoms with Crippen molar-refractivity contribution in [2.45, 2.75) is 128 Å². The van der Waals surface area contributed by atoms with Crippen LogP contribution < -0.4 is 0 Å². The molecule has 0 heterocycles. The van der Waals surface area contributed by atoms with Crippen molar-refractivity contribution in [2.75, 3.05) is 0 Å². The molecule has 4 saturated carbocycles. The number of fused-ring (bicyclic) bond motifs is 2. The van der Waals surface area contributed by atoms with Gasteiger partial charge in [0.1, 0.15) is 0 Å². The lowest BCUT2D eigenvalue weighted by Crippen LogP contribution is -2.56. The van der Waals surface area contributed by atoms with E-state index in [-0.39, 0.29) is 0 Å². The summed E-state index contributed by atoms with van der Waals surface area (Å²) in [6, 6.07) is 24.5. The maximum Gasteiger partial charge on any atom is 0.231 e. The summed E-state index contributed by atoms with van der Waals surface area (Å²) in [6.45, 7) is 16.1. The summed E-state index contributed by atoms with van der Waals surface area (Å²) in [4.78, 5) is 3.05. The molecule has 0 aromatic heterocycles. The smallest absolute Gasteiger partial charge is 0.231 e. The molecule has 0 radical (unpaired) electrons. The molecular formula is C38H56BN. The average molecular weight is 538 g/mol. The SMILES string of the molecule is CC(C)N(B(C1C2CCCC(c3ccccc3)C2C[C@H]1C)C1C2CCCC(c3ccccc3)C2C[C@H]1C)C(C)C. The van der Waals surface area contributed by atoms with Crippen molar-refractivity contribution < 1.29 is 0 Å². The molecule has 0 saturated heterocycles. The van der Waals surface area contributed by atoms with Gasteiger partial charge in [-0.2, -0.15) is 0 Å². The van der Waals surface area contributed by atoms with E-state index in [4.69, 9.17) is 0 Å². The van der Waals surface area contributed by atoms with Crippen molar-refractivity contribution >= 4 is 6.85 Å². The molecule has 6 rings (SSSR count). The fraction of sp³-hybridized carbons (Fsp3) is 0.684. The van der Waals surface area contributed by atoms with E-state index in [0.717, 1.165) is 65.8 Å². The van der Waals surface area contributed by atoms with Crippen molar-refractivity contribution in [1.82, 2.24) is 4.81 Å². The van der Waals surface area contributed by atoms with Crippen LogP contribution in [0.3, 0.4) is 0 Å². The lowest BCUT2D eigenvalue weighted by molar-refractivity contribution is 0.210. The summed E-state index contributed by atoms with van der Waals surface area (Å²) in [7, 11) is 0. The van der Waals surface area contributed by atoms with Gasteiger partial charge in [-0.05, 0) is 108 Å². The van der Waals surface area contributed by atoms with Crippen LogP contribution in [0.2, 0.25) is 11.6 Å². The van der Waals surface area contributed by atoms with E-state index in [1.807, 2.05) is 0 Å². The van der Waals surface area contributed by atoms with Gasteiger partial charge >= 0.3 is 0 Å². The molecule has 2 heteroatoms. The number of benzene rings is 2. The Bertz CT molecular complexity index is 996. The van der Waals surface area contributed by atoms with E-state index in [2.05, 4.69) is 107 Å². The van der Waals surface area contributed by atoms with Gasteiger partial charge in [0.05, 0.1) is 0 Å². The first-order valence-corrected chi connectivity index (χ1v) is 17.2. The molecule has 0 aliphatic heterocycles. The second-order valence-corrected chi connectivity index (χ2v) is 15.3. The van der Waals surface area contributed by atoms with E-state index in [9.17, 15) is 0 Å². The second kappa shape index (κ2) is 12.0. The maximum atomic E-state index is 3.05. The Morgan fingerprint density at radius 3 is 1.35 bits per heavy atom. The minimum Gasteiger partial charge on any atom is -0.337 e. The lowest BCUT2D eigenvalue weighted by atomic mass is 9.33. The van der Waals surface area contributed by atoms with Gasteiger partial charge in [-0.1, -0.05) is 128 Å². The second-order valence-electron chi connectivity index (χ2n) is 15.3. The van der Waals surface area contributed by atoms with Crippen LogP contribution in [0, 0.1) is 35.5 Å². The van der Waals surface area contributed by atoms with E-state index in [1.54, 1.807) is 11.1 Å². The van der Waals surface area contributed by atoms with Gasteiger partial charge in [0.15, 0.2) is 0 Å². The monoisotopic (exact) mass is 537 g/mol. The summed E-state index contributed by atoms with van der Waals surface area (Å²) >= 11 is 0. The highest BCUT2D eigenvalue weighted by Crippen LogP contribution is 2.64. The molecule has 2 aromatic carbocycles. The lowest BCUT2D eigenvalue weighted by Gasteiger charge is -2.49. The molecule has 40 heavy (non-hydrogen) atoms. The number of hydrogen-bond acceptors (Lipinski definition) is 1. The molecule has 8 unspecified atom stereocenters. The summed E-state index contributed by atoms with van der Waals surface area (Å²) < 4.78 is 0. The highest BCUT2D eigenvalue weighted by molar-refractivity contribution is 6.60. The van der Waals surface area contributed by atoms with Crippen molar-refractivity contribution in [2.24, 2.45) is 35.5 Å². The Balaban J connectivity index is 1.37. The summed E-state index contributed by atoms with van der Waals surface area (Å²) in [6.07, 6.45) is 11.4. The van der Waals surface area contributed by atoms with Gasteiger partial charge in [-0.3, -0.25) is 0 Å². The first-order chi connectivity index (χ1) is 19.4. The maximum absolute atomic E-state index is 3.05. The van der Waals surface area contributed by atoms with Crippen LogP contribution >= 0.6 is 0 Å². The summed E-state index contributed by atoms with van der Waals surface area (Å²) in [5.41, 5.74) is 3.25. The molecule has 0 spiro atoms. The van der Waals surface area contributed by atoms with Crippen molar-refractivity contribution in [1.29, 1.82) is 0 Å². The Kier molecular flexibility index (Phi) is 8.56. The molecule has 2 aromatic rings. The van der Waals surface area contributed by atoms with Crippen LogP contribution in [0.5, 0.6) is 0 Å². The van der Waals surface area contributed by atoms with Crippen LogP contribution in [-0.4, -0.2) is 23.7 Å². The average Bonchev–Trinajstić information content (AvgIpc) is 3.47. The van der Waals surface area contributed by atoms with Crippen LogP contribution in [0.1, 0.15) is 116 Å². The van der Waals surface area contributed by atoms with Gasteiger partial charge in [-0.15, -0.1) is 0 Å². The van der Waals surface area contributed by atoms with Crippen LogP contribution in [0.4, 0.5) is 0 Å². The van der Waals surface area contributed by atoms with E-state index in [1.165, 1.54) is 51.4 Å². The third-order valence-corrected chi connectivity index (χ3v) is 12.6. The fourth-order valence-electron chi connectivity index (χ4n) is 11.6. The Labute approximate surface area is 247 Å². The molecule has 0 bridgehead atoms. The molecule has 216 valence electrons. The Morgan fingerprint density at radius 2 is 0.975 bits per heavy atom. The molecule has 4 aliphatic carbocycles. The molecule has 0 N–H and O–H groups in total. The van der Waals surface area contributed by atoms with Crippen LogP contribution in [0.25, 0.3) is 0 Å². The number of rotatable bonds is 7. The highest BCUT2D eigenvalue weighted by atomic mass is 15.1. The number of hydrogen-bond donors (Lipinski definition) is 0. The van der Waals surface area contributed by atoms with Gasteiger partial charge in [0.2, 0.25) is 6.85 Å². The Hall–Kier alpha value is -1.54. The largest absolute Gasteiger partial charge is 0.337 e. The van der Waals surface area contributed by atoms with Gasteiger partial charge in [0, 0.05) is 0 Å². The normalized spacial score (nSPS) is 37.6. The zero-order chi connectivity index (χ0) is 28.0. The summed E-state index contributed by atoms with van der Waals surface area (Å²) in [5.74, 6) is 8.38. The van der Waals surface area contributed by atoms with Gasteiger partial charge in [-0.25, -0.2) is 0 Å². The van der Waals surface area contributed by atoms with Crippen molar-refractivity contribution in [3.63, 3.8) is 0 Å². The summed E-state index contributed by atoms with van der Waals surface area (Å²) in [5, 5.41) is 0. The third kappa shape index (κ3) is 5.14. The van der Waals surface area contributed by atoms with E-state index >= 15 is 0 Å². The zero-order valence-electron chi connectivity index (χ0n) is 26.4. The standard InChI is InChI=1S/C38H56BN/c1-25(2)40(26(3)4)39(37-27(5)23-35-31(19-13-21-33(35)37)29-15-9-7-10-16-29)38-28(6)24-36-32(20-14-22-34(36)38)30-17-11-8-12-18-30/h7-12,15-18,25-28,31-38H,13-14,19-24H2,1-6H3/t27-,28-,31?,32?,33?,34?,35?,36?,37?,38?/m1/s1. The molecule has 10 atom stereocenters. The van der Waals surface area contributed by atoms with Crippen molar-refractivity contribution in [3.05, 3.63) is 71.8 Å². The van der Waals surface area contributed by atoms with Crippen molar-refractivity contribution in [3.8, 4) is 0 Å². The first-order valence-electron chi connectivity index (χ1n) is 17.2. The van der Waals surface area contributed by atoms with Crippen LogP contribution in [0.15, 0.2) is 60.7 Å². The van der Waals surface area contributed by atoms with E-state index < -0.39 is 0 Å². The van der Waals surface area contributed by atoms with Gasteiger partial charge < -0.3 is 4.81 Å². The zero-order valence-corrected chi connectivity index (χ0v) is 26.4. The first kappa shape index (κ1) is 28.6. The molecule has 4 fully saturated rings. The topological polar surface area (TPSA) is 3.24 Å². The molecule has 4 aliphatic rings. The third-order valence-electron chi connectivity index (χ3n) is 12.6. The van der Waals surface area contributed by atoms with E-state index in [0.29, 0.717) is 12.1 Å². The fourth-order valence-corrected chi connectivity index (χ4v) is 11.6. The quantitative estimate of drug-likeness (QED) is 0.318. The molecule has 0 amide bonds. The van der Waals surface area contributed by atoms with Gasteiger partial charge in [0.25, 0.3) is 0 Å². The van der Waals surface area contributed by atoms with Crippen LogP contribution in [-0.2, 0) is 0 Å². The predicted octanol–water partition coefficient (Wildman–Crippen LogP) is 10.3. The number of nitrogens with zero attached hydrogens (tertiary/aromatic N) is 1. The highest BCUT2D eigenvalue weighted by Gasteiger charge is 2.59. The predicted molar refractivity (Wildman–Crippen MR) is 173 cm³/mol. The Morgan fingerprint density at radius 1 is 0.575 bits per heavy atom. The molecule has 1 nitrogen and oxygen atoms in total.